The first kappa shape index (κ1) is 17.8. The van der Waals surface area contributed by atoms with Gasteiger partial charge in [0, 0.05) is 12.8 Å². The molecule has 0 saturated carbocycles. The zero-order chi connectivity index (χ0) is 19.0. The van der Waals surface area contributed by atoms with Gasteiger partial charge < -0.3 is 0 Å². The third-order valence-electron chi connectivity index (χ3n) is 6.06. The fourth-order valence-electron chi connectivity index (χ4n) is 4.48. The molecule has 2 aromatic heterocycles. The molecule has 4 rings (SSSR count). The number of aryl methyl sites for hydroxylation is 4. The number of hydrogen-bond acceptors (Lipinski definition) is 0. The Kier molecular flexibility index (Phi) is 4.73. The average Bonchev–Trinajstić information content (AvgIpc) is 3.08. The number of para-hydroxylation sites is 4. The van der Waals surface area contributed by atoms with Crippen LogP contribution in [0.5, 0.6) is 0 Å². The van der Waals surface area contributed by atoms with Crippen molar-refractivity contribution < 1.29 is 9.13 Å². The van der Waals surface area contributed by atoms with Gasteiger partial charge in [-0.3, -0.25) is 0 Å². The lowest BCUT2D eigenvalue weighted by atomic mass is 10.1. The Morgan fingerprint density at radius 3 is 1.44 bits per heavy atom. The summed E-state index contributed by atoms with van der Waals surface area (Å²) in [6.45, 7) is 0. The van der Waals surface area contributed by atoms with Gasteiger partial charge in [0.25, 0.3) is 11.6 Å². The molecule has 140 valence electrons. The SMILES string of the molecule is Cn1c(CCCCCc2n(C)c3ccccc3[n+]2C)[n+](C)c2ccccc21. The quantitative estimate of drug-likeness (QED) is 0.370. The lowest BCUT2D eigenvalue weighted by molar-refractivity contribution is -0.654. The van der Waals surface area contributed by atoms with Crippen molar-refractivity contribution in [1.82, 2.24) is 9.13 Å². The highest BCUT2D eigenvalue weighted by molar-refractivity contribution is 5.72. The van der Waals surface area contributed by atoms with Gasteiger partial charge in [-0.15, -0.1) is 0 Å². The van der Waals surface area contributed by atoms with E-state index < -0.39 is 0 Å². The third kappa shape index (κ3) is 3.03. The van der Waals surface area contributed by atoms with Gasteiger partial charge in [0.15, 0.2) is 22.1 Å². The molecule has 0 aliphatic heterocycles. The normalized spacial score (nSPS) is 11.7. The summed E-state index contributed by atoms with van der Waals surface area (Å²) in [7, 11) is 8.75. The number of hydrogen-bond donors (Lipinski definition) is 0. The predicted octanol–water partition coefficient (Wildman–Crippen LogP) is 3.27. The maximum Gasteiger partial charge on any atom is 0.256 e. The van der Waals surface area contributed by atoms with Crippen LogP contribution < -0.4 is 9.13 Å². The second kappa shape index (κ2) is 7.18. The van der Waals surface area contributed by atoms with Crippen LogP contribution in [0.3, 0.4) is 0 Å². The summed E-state index contributed by atoms with van der Waals surface area (Å²) < 4.78 is 9.39. The summed E-state index contributed by atoms with van der Waals surface area (Å²) in [6, 6.07) is 17.3. The van der Waals surface area contributed by atoms with Crippen LogP contribution in [0.15, 0.2) is 48.5 Å². The van der Waals surface area contributed by atoms with Crippen molar-refractivity contribution in [3.05, 3.63) is 60.2 Å². The Morgan fingerprint density at radius 1 is 0.630 bits per heavy atom. The van der Waals surface area contributed by atoms with Crippen LogP contribution in [-0.4, -0.2) is 9.13 Å². The lowest BCUT2D eigenvalue weighted by Gasteiger charge is -2.01. The van der Waals surface area contributed by atoms with Crippen LogP contribution >= 0.6 is 0 Å². The van der Waals surface area contributed by atoms with E-state index >= 15 is 0 Å². The first-order chi connectivity index (χ1) is 13.1. The molecule has 4 aromatic rings. The third-order valence-corrected chi connectivity index (χ3v) is 6.06. The molecular weight excluding hydrogens is 332 g/mol. The van der Waals surface area contributed by atoms with Crippen molar-refractivity contribution in [3.8, 4) is 0 Å². The minimum atomic E-state index is 1.13. The summed E-state index contributed by atoms with van der Waals surface area (Å²) >= 11 is 0. The molecule has 0 radical (unpaired) electrons. The number of nitrogens with zero attached hydrogens (tertiary/aromatic N) is 4. The average molecular weight is 363 g/mol. The minimum Gasteiger partial charge on any atom is -0.230 e. The van der Waals surface area contributed by atoms with E-state index in [4.69, 9.17) is 0 Å². The molecule has 4 heteroatoms. The fraction of sp³-hybridized carbons (Fsp3) is 0.391. The number of imidazole rings is 2. The van der Waals surface area contributed by atoms with Gasteiger partial charge in [0.05, 0.1) is 28.2 Å². The van der Waals surface area contributed by atoms with Crippen molar-refractivity contribution in [2.24, 2.45) is 28.2 Å². The van der Waals surface area contributed by atoms with E-state index in [1.807, 2.05) is 0 Å². The number of benzene rings is 2. The second-order valence-electron chi connectivity index (χ2n) is 7.61. The molecule has 4 nitrogen and oxygen atoms in total. The van der Waals surface area contributed by atoms with Crippen LogP contribution in [0.2, 0.25) is 0 Å². The van der Waals surface area contributed by atoms with Crippen molar-refractivity contribution in [2.45, 2.75) is 32.1 Å². The summed E-state index contributed by atoms with van der Waals surface area (Å²) in [5.41, 5.74) is 5.27. The van der Waals surface area contributed by atoms with E-state index in [0.717, 1.165) is 12.8 Å². The van der Waals surface area contributed by atoms with Gasteiger partial charge in [-0.05, 0) is 37.1 Å². The topological polar surface area (TPSA) is 17.6 Å². The minimum absolute atomic E-state index is 1.13. The molecule has 2 heterocycles. The second-order valence-corrected chi connectivity index (χ2v) is 7.61. The maximum atomic E-state index is 2.35. The zero-order valence-electron chi connectivity index (χ0n) is 16.9. The highest BCUT2D eigenvalue weighted by Crippen LogP contribution is 2.16. The molecule has 0 spiro atoms. The number of fused-ring (bicyclic) bond motifs is 2. The summed E-state index contributed by atoms with van der Waals surface area (Å²) in [5, 5.41) is 0. The Hall–Kier alpha value is -2.62. The molecule has 27 heavy (non-hydrogen) atoms. The molecular formula is C23H30N4+2. The zero-order valence-corrected chi connectivity index (χ0v) is 16.9. The van der Waals surface area contributed by atoms with Crippen molar-refractivity contribution >= 4 is 22.1 Å². The summed E-state index contributed by atoms with van der Waals surface area (Å²) in [6.07, 6.45) is 5.96. The smallest absolute Gasteiger partial charge is 0.230 e. The van der Waals surface area contributed by atoms with Crippen LogP contribution in [0.1, 0.15) is 30.9 Å². The van der Waals surface area contributed by atoms with E-state index in [9.17, 15) is 0 Å². The molecule has 2 aromatic carbocycles. The summed E-state index contributed by atoms with van der Waals surface area (Å²) in [5.74, 6) is 2.82. The Morgan fingerprint density at radius 2 is 1.04 bits per heavy atom. The lowest BCUT2D eigenvalue weighted by Crippen LogP contribution is -2.33. The fourth-order valence-corrected chi connectivity index (χ4v) is 4.48. The van der Waals surface area contributed by atoms with Crippen LogP contribution in [0, 0.1) is 0 Å². The first-order valence-electron chi connectivity index (χ1n) is 9.94. The summed E-state index contributed by atoms with van der Waals surface area (Å²) in [4.78, 5) is 0. The van der Waals surface area contributed by atoms with E-state index in [-0.39, 0.29) is 0 Å². The molecule has 0 atom stereocenters. The highest BCUT2D eigenvalue weighted by Gasteiger charge is 2.20. The van der Waals surface area contributed by atoms with Crippen LogP contribution in [0.25, 0.3) is 22.1 Å². The highest BCUT2D eigenvalue weighted by atomic mass is 15.1. The van der Waals surface area contributed by atoms with Crippen molar-refractivity contribution in [3.63, 3.8) is 0 Å². The molecule has 0 saturated heterocycles. The van der Waals surface area contributed by atoms with Gasteiger partial charge in [0.1, 0.15) is 0 Å². The van der Waals surface area contributed by atoms with E-state index in [0.29, 0.717) is 0 Å². The maximum absolute atomic E-state index is 2.35. The Balaban J connectivity index is 1.39. The van der Waals surface area contributed by atoms with Gasteiger partial charge in [-0.1, -0.05) is 30.7 Å². The largest absolute Gasteiger partial charge is 0.256 e. The molecule has 0 fully saturated rings. The van der Waals surface area contributed by atoms with Crippen LogP contribution in [0.4, 0.5) is 0 Å². The Bertz CT molecular complexity index is 935. The first-order valence-corrected chi connectivity index (χ1v) is 9.94. The van der Waals surface area contributed by atoms with E-state index in [1.165, 1.54) is 53.0 Å². The van der Waals surface area contributed by atoms with Crippen molar-refractivity contribution in [2.75, 3.05) is 0 Å². The van der Waals surface area contributed by atoms with Crippen LogP contribution in [-0.2, 0) is 41.0 Å². The monoisotopic (exact) mass is 362 g/mol. The molecule has 0 bridgehead atoms. The van der Waals surface area contributed by atoms with E-state index in [2.05, 4.69) is 95.0 Å². The molecule has 0 amide bonds. The van der Waals surface area contributed by atoms with Gasteiger partial charge in [-0.25, -0.2) is 18.3 Å². The Labute approximate surface area is 161 Å². The van der Waals surface area contributed by atoms with Gasteiger partial charge in [-0.2, -0.15) is 0 Å². The number of aromatic nitrogens is 4. The standard InChI is InChI=1S/C23H30N4/c1-24-18-12-8-9-13-19(18)25(2)22(24)16-6-5-7-17-23-26(3)20-14-10-11-15-21(20)27(23)4/h8-15H,5-7,16-17H2,1-4H3/q+2. The molecule has 0 aliphatic carbocycles. The molecule has 0 unspecified atom stereocenters. The molecule has 0 aliphatic rings. The van der Waals surface area contributed by atoms with Gasteiger partial charge in [0.2, 0.25) is 0 Å². The number of unbranched alkanes of at least 4 members (excludes halogenated alkanes) is 2. The molecule has 0 N–H and O–H groups in total. The van der Waals surface area contributed by atoms with Crippen molar-refractivity contribution in [1.29, 1.82) is 0 Å². The van der Waals surface area contributed by atoms with Gasteiger partial charge >= 0.3 is 0 Å². The van der Waals surface area contributed by atoms with E-state index in [1.54, 1.807) is 0 Å². The predicted molar refractivity (Wildman–Crippen MR) is 109 cm³/mol. The number of rotatable bonds is 6.